The Bertz CT molecular complexity index is 913. The van der Waals surface area contributed by atoms with Crippen LogP contribution in [0.5, 0.6) is 0 Å². The molecule has 0 aliphatic rings. The van der Waals surface area contributed by atoms with Crippen molar-refractivity contribution >= 4 is 29.3 Å². The number of hydrogen-bond donors (Lipinski definition) is 1. The molecule has 0 aliphatic carbocycles. The van der Waals surface area contributed by atoms with Crippen molar-refractivity contribution in [3.05, 3.63) is 65.2 Å². The lowest BCUT2D eigenvalue weighted by atomic mass is 10.1. The number of aromatic nitrogens is 3. The number of nitrogens with one attached hydrogen (secondary N) is 1. The van der Waals surface area contributed by atoms with Crippen LogP contribution < -0.4 is 5.32 Å². The number of nitrogens with zero attached hydrogens (tertiary/aromatic N) is 3. The molecule has 3 aromatic rings. The molecule has 27 heavy (non-hydrogen) atoms. The molecule has 1 heterocycles. The molecule has 0 spiro atoms. The smallest absolute Gasteiger partial charge is 0.230 e. The largest absolute Gasteiger partial charge is 0.349 e. The summed E-state index contributed by atoms with van der Waals surface area (Å²) < 4.78 is 2.02. The Balaban J connectivity index is 1.63. The van der Waals surface area contributed by atoms with Gasteiger partial charge in [-0.25, -0.2) is 0 Å². The predicted octanol–water partition coefficient (Wildman–Crippen LogP) is 4.59. The minimum Gasteiger partial charge on any atom is -0.349 e. The lowest BCUT2D eigenvalue weighted by molar-refractivity contribution is -0.119. The van der Waals surface area contributed by atoms with E-state index in [0.29, 0.717) is 5.02 Å². The summed E-state index contributed by atoms with van der Waals surface area (Å²) in [6, 6.07) is 17.3. The highest BCUT2D eigenvalue weighted by Crippen LogP contribution is 2.24. The van der Waals surface area contributed by atoms with Crippen molar-refractivity contribution < 1.29 is 4.79 Å². The van der Waals surface area contributed by atoms with Crippen LogP contribution in [0.4, 0.5) is 0 Å². The molecule has 0 saturated heterocycles. The lowest BCUT2D eigenvalue weighted by Gasteiger charge is -2.14. The highest BCUT2D eigenvalue weighted by atomic mass is 35.5. The van der Waals surface area contributed by atoms with Gasteiger partial charge in [0.15, 0.2) is 11.0 Å². The average molecular weight is 401 g/mol. The molecule has 2 aromatic carbocycles. The van der Waals surface area contributed by atoms with Gasteiger partial charge in [0.25, 0.3) is 0 Å². The molecule has 0 bridgehead atoms. The fourth-order valence-electron chi connectivity index (χ4n) is 2.75. The van der Waals surface area contributed by atoms with Gasteiger partial charge in [0, 0.05) is 17.1 Å². The van der Waals surface area contributed by atoms with Gasteiger partial charge in [0.1, 0.15) is 0 Å². The first-order valence-electron chi connectivity index (χ1n) is 8.74. The van der Waals surface area contributed by atoms with Crippen LogP contribution in [0.25, 0.3) is 11.4 Å². The van der Waals surface area contributed by atoms with Crippen molar-refractivity contribution in [3.8, 4) is 11.4 Å². The first-order valence-corrected chi connectivity index (χ1v) is 10.1. The standard InChI is InChI=1S/C20H21ClN4OS/c1-3-25-19(15-8-5-4-6-9-15)23-24-20(25)27-13-18(26)22-14(2)16-10-7-11-17(21)12-16/h4-12,14H,3,13H2,1-2H3,(H,22,26)/t14-/m1/s1. The molecule has 0 fully saturated rings. The third-order valence-corrected chi connectivity index (χ3v) is 5.33. The van der Waals surface area contributed by atoms with Gasteiger partial charge in [-0.2, -0.15) is 0 Å². The molecular formula is C20H21ClN4OS. The normalized spacial score (nSPS) is 12.0. The quantitative estimate of drug-likeness (QED) is 0.589. The van der Waals surface area contributed by atoms with Crippen molar-refractivity contribution in [3.63, 3.8) is 0 Å². The van der Waals surface area contributed by atoms with E-state index in [2.05, 4.69) is 15.5 Å². The first kappa shape index (κ1) is 19.5. The van der Waals surface area contributed by atoms with Crippen LogP contribution in [-0.2, 0) is 11.3 Å². The summed E-state index contributed by atoms with van der Waals surface area (Å²) in [5.74, 6) is 1.03. The number of thioether (sulfide) groups is 1. The van der Waals surface area contributed by atoms with Gasteiger partial charge < -0.3 is 9.88 Å². The summed E-state index contributed by atoms with van der Waals surface area (Å²) in [4.78, 5) is 12.3. The second-order valence-electron chi connectivity index (χ2n) is 6.05. The zero-order valence-electron chi connectivity index (χ0n) is 15.2. The number of hydrogen-bond acceptors (Lipinski definition) is 4. The molecule has 7 heteroatoms. The van der Waals surface area contributed by atoms with Crippen molar-refractivity contribution in [1.82, 2.24) is 20.1 Å². The Kier molecular flexibility index (Phi) is 6.53. The maximum absolute atomic E-state index is 12.3. The van der Waals surface area contributed by atoms with E-state index in [0.717, 1.165) is 28.7 Å². The molecule has 1 aromatic heterocycles. The average Bonchev–Trinajstić information content (AvgIpc) is 3.10. The summed E-state index contributed by atoms with van der Waals surface area (Å²) in [5, 5.41) is 13.0. The molecule has 0 radical (unpaired) electrons. The van der Waals surface area contributed by atoms with Crippen molar-refractivity contribution in [1.29, 1.82) is 0 Å². The fraction of sp³-hybridized carbons (Fsp3) is 0.250. The van der Waals surface area contributed by atoms with Gasteiger partial charge >= 0.3 is 0 Å². The van der Waals surface area contributed by atoms with Gasteiger partial charge in [-0.3, -0.25) is 4.79 Å². The monoisotopic (exact) mass is 400 g/mol. The van der Waals surface area contributed by atoms with Gasteiger partial charge in [-0.1, -0.05) is 65.8 Å². The first-order chi connectivity index (χ1) is 13.1. The number of halogens is 1. The fourth-order valence-corrected chi connectivity index (χ4v) is 3.77. The Labute approximate surface area is 168 Å². The third kappa shape index (κ3) is 4.90. The van der Waals surface area contributed by atoms with Crippen LogP contribution in [0.1, 0.15) is 25.5 Å². The maximum Gasteiger partial charge on any atom is 0.230 e. The van der Waals surface area contributed by atoms with E-state index in [1.807, 2.05) is 73.0 Å². The number of carbonyl (C=O) groups is 1. The van der Waals surface area contributed by atoms with E-state index in [1.54, 1.807) is 0 Å². The minimum absolute atomic E-state index is 0.0561. The zero-order valence-corrected chi connectivity index (χ0v) is 16.8. The zero-order chi connectivity index (χ0) is 19.2. The van der Waals surface area contributed by atoms with Crippen molar-refractivity contribution in [2.45, 2.75) is 31.6 Å². The van der Waals surface area contributed by atoms with Crippen molar-refractivity contribution in [2.24, 2.45) is 0 Å². The molecule has 140 valence electrons. The maximum atomic E-state index is 12.3. The Morgan fingerprint density at radius 1 is 1.19 bits per heavy atom. The molecule has 1 atom stereocenters. The van der Waals surface area contributed by atoms with E-state index in [9.17, 15) is 4.79 Å². The van der Waals surface area contributed by atoms with Crippen LogP contribution in [0.2, 0.25) is 5.02 Å². The highest BCUT2D eigenvalue weighted by molar-refractivity contribution is 7.99. The van der Waals surface area contributed by atoms with Gasteiger partial charge in [-0.05, 0) is 31.5 Å². The molecule has 5 nitrogen and oxygen atoms in total. The number of carbonyl (C=O) groups excluding carboxylic acids is 1. The molecule has 1 N–H and O–H groups in total. The summed E-state index contributed by atoms with van der Waals surface area (Å²) in [6.07, 6.45) is 0. The van der Waals surface area contributed by atoms with E-state index >= 15 is 0 Å². The van der Waals surface area contributed by atoms with E-state index in [1.165, 1.54) is 11.8 Å². The predicted molar refractivity (Wildman–Crippen MR) is 110 cm³/mol. The lowest BCUT2D eigenvalue weighted by Crippen LogP contribution is -2.28. The minimum atomic E-state index is -0.110. The summed E-state index contributed by atoms with van der Waals surface area (Å²) in [6.45, 7) is 4.72. The van der Waals surface area contributed by atoms with Gasteiger partial charge in [0.05, 0.1) is 11.8 Å². The van der Waals surface area contributed by atoms with Gasteiger partial charge in [0.2, 0.25) is 5.91 Å². The second kappa shape index (κ2) is 9.06. The molecular weight excluding hydrogens is 380 g/mol. The molecule has 0 aliphatic heterocycles. The molecule has 3 rings (SSSR count). The Hall–Kier alpha value is -2.31. The van der Waals surface area contributed by atoms with Crippen LogP contribution >= 0.6 is 23.4 Å². The molecule has 0 saturated carbocycles. The van der Waals surface area contributed by atoms with Crippen LogP contribution in [0, 0.1) is 0 Å². The third-order valence-electron chi connectivity index (χ3n) is 4.12. The number of benzene rings is 2. The highest BCUT2D eigenvalue weighted by Gasteiger charge is 2.15. The van der Waals surface area contributed by atoms with Crippen molar-refractivity contribution in [2.75, 3.05) is 5.75 Å². The Morgan fingerprint density at radius 3 is 2.67 bits per heavy atom. The van der Waals surface area contributed by atoms with Crippen LogP contribution in [0.15, 0.2) is 59.8 Å². The SMILES string of the molecule is CCn1c(SCC(=O)N[C@H](C)c2cccc(Cl)c2)nnc1-c1ccccc1. The molecule has 1 amide bonds. The number of rotatable bonds is 7. The second-order valence-corrected chi connectivity index (χ2v) is 7.43. The van der Waals surface area contributed by atoms with E-state index in [4.69, 9.17) is 11.6 Å². The summed E-state index contributed by atoms with van der Waals surface area (Å²) in [7, 11) is 0. The van der Waals surface area contributed by atoms with Crippen LogP contribution in [-0.4, -0.2) is 26.4 Å². The van der Waals surface area contributed by atoms with Gasteiger partial charge in [-0.15, -0.1) is 10.2 Å². The Morgan fingerprint density at radius 2 is 1.96 bits per heavy atom. The van der Waals surface area contributed by atoms with E-state index < -0.39 is 0 Å². The topological polar surface area (TPSA) is 59.8 Å². The molecule has 0 unspecified atom stereocenters. The summed E-state index contributed by atoms with van der Waals surface area (Å²) in [5.41, 5.74) is 1.99. The number of amides is 1. The van der Waals surface area contributed by atoms with Crippen LogP contribution in [0.3, 0.4) is 0 Å². The van der Waals surface area contributed by atoms with E-state index in [-0.39, 0.29) is 17.7 Å². The summed E-state index contributed by atoms with van der Waals surface area (Å²) >= 11 is 7.40.